The SMILES string of the molecule is O=C1CC(=O)N(c2ccc(F)c(F)c2)C(=O)N1. The minimum atomic E-state index is -1.18. The Kier molecular flexibility index (Phi) is 2.58. The van der Waals surface area contributed by atoms with Gasteiger partial charge in [-0.3, -0.25) is 14.9 Å². The summed E-state index contributed by atoms with van der Waals surface area (Å²) in [5, 5.41) is 1.90. The molecular weight excluding hydrogens is 234 g/mol. The van der Waals surface area contributed by atoms with E-state index in [1.165, 1.54) is 0 Å². The molecule has 2 rings (SSSR count). The Balaban J connectivity index is 2.38. The zero-order chi connectivity index (χ0) is 12.6. The number of carbonyl (C=O) groups excluding carboxylic acids is 3. The van der Waals surface area contributed by atoms with Crippen LogP contribution in [0, 0.1) is 11.6 Å². The Morgan fingerprint density at radius 3 is 2.41 bits per heavy atom. The van der Waals surface area contributed by atoms with Crippen molar-refractivity contribution in [2.45, 2.75) is 6.42 Å². The molecule has 0 spiro atoms. The summed E-state index contributed by atoms with van der Waals surface area (Å²) in [7, 11) is 0. The van der Waals surface area contributed by atoms with Gasteiger partial charge in [0, 0.05) is 6.07 Å². The molecule has 1 aliphatic heterocycles. The molecule has 88 valence electrons. The normalized spacial score (nSPS) is 16.1. The van der Waals surface area contributed by atoms with Crippen molar-refractivity contribution < 1.29 is 23.2 Å². The van der Waals surface area contributed by atoms with Crippen LogP contribution in [0.1, 0.15) is 6.42 Å². The maximum Gasteiger partial charge on any atom is 0.335 e. The van der Waals surface area contributed by atoms with Crippen LogP contribution >= 0.6 is 0 Å². The average Bonchev–Trinajstić information content (AvgIpc) is 2.21. The third-order valence-electron chi connectivity index (χ3n) is 2.17. The number of hydrogen-bond acceptors (Lipinski definition) is 3. The van der Waals surface area contributed by atoms with Crippen molar-refractivity contribution in [2.75, 3.05) is 4.90 Å². The van der Waals surface area contributed by atoms with Crippen molar-refractivity contribution in [3.8, 4) is 0 Å². The van der Waals surface area contributed by atoms with Gasteiger partial charge in [0.1, 0.15) is 6.42 Å². The highest BCUT2D eigenvalue weighted by atomic mass is 19.2. The number of urea groups is 1. The number of nitrogens with one attached hydrogen (secondary N) is 1. The van der Waals surface area contributed by atoms with Gasteiger partial charge in [-0.1, -0.05) is 0 Å². The molecule has 1 aromatic rings. The highest BCUT2D eigenvalue weighted by Gasteiger charge is 2.32. The fraction of sp³-hybridized carbons (Fsp3) is 0.100. The lowest BCUT2D eigenvalue weighted by Gasteiger charge is -2.24. The molecule has 1 heterocycles. The van der Waals surface area contributed by atoms with Crippen molar-refractivity contribution >= 4 is 23.5 Å². The van der Waals surface area contributed by atoms with Crippen LogP contribution in [0.4, 0.5) is 19.3 Å². The summed E-state index contributed by atoms with van der Waals surface area (Å²) in [5.41, 5.74) is -0.126. The monoisotopic (exact) mass is 240 g/mol. The number of hydrogen-bond donors (Lipinski definition) is 1. The Labute approximate surface area is 94.0 Å². The van der Waals surface area contributed by atoms with Crippen LogP contribution in [-0.4, -0.2) is 17.8 Å². The molecule has 0 aromatic heterocycles. The molecule has 5 nitrogen and oxygen atoms in total. The first-order valence-corrected chi connectivity index (χ1v) is 4.61. The number of amides is 4. The van der Waals surface area contributed by atoms with Gasteiger partial charge in [0.05, 0.1) is 5.69 Å². The first-order valence-electron chi connectivity index (χ1n) is 4.61. The first-order chi connectivity index (χ1) is 7.99. The lowest BCUT2D eigenvalue weighted by atomic mass is 10.2. The van der Waals surface area contributed by atoms with E-state index in [9.17, 15) is 23.2 Å². The van der Waals surface area contributed by atoms with Gasteiger partial charge in [-0.15, -0.1) is 0 Å². The van der Waals surface area contributed by atoms with Gasteiger partial charge in [-0.05, 0) is 12.1 Å². The van der Waals surface area contributed by atoms with Gasteiger partial charge in [0.25, 0.3) is 0 Å². The summed E-state index contributed by atoms with van der Waals surface area (Å²) >= 11 is 0. The van der Waals surface area contributed by atoms with Gasteiger partial charge in [0.15, 0.2) is 11.6 Å². The predicted molar refractivity (Wildman–Crippen MR) is 52.0 cm³/mol. The number of imide groups is 2. The predicted octanol–water partition coefficient (Wildman–Crippen LogP) is 0.938. The number of carbonyl (C=O) groups is 3. The van der Waals surface area contributed by atoms with Crippen LogP contribution in [0.5, 0.6) is 0 Å². The van der Waals surface area contributed by atoms with Crippen molar-refractivity contribution in [1.82, 2.24) is 5.32 Å². The van der Waals surface area contributed by atoms with E-state index in [0.717, 1.165) is 12.1 Å². The van der Waals surface area contributed by atoms with Crippen LogP contribution in [-0.2, 0) is 9.59 Å². The van der Waals surface area contributed by atoms with E-state index in [-0.39, 0.29) is 5.69 Å². The number of rotatable bonds is 1. The quantitative estimate of drug-likeness (QED) is 0.743. The molecule has 0 radical (unpaired) electrons. The molecule has 1 aromatic carbocycles. The summed E-state index contributed by atoms with van der Waals surface area (Å²) in [4.78, 5) is 34.3. The van der Waals surface area contributed by atoms with E-state index in [1.54, 1.807) is 0 Å². The lowest BCUT2D eigenvalue weighted by molar-refractivity contribution is -0.128. The summed E-state index contributed by atoms with van der Waals surface area (Å²) in [6, 6.07) is 1.60. The Morgan fingerprint density at radius 2 is 1.82 bits per heavy atom. The third kappa shape index (κ3) is 1.99. The molecule has 0 bridgehead atoms. The van der Waals surface area contributed by atoms with Crippen LogP contribution < -0.4 is 10.2 Å². The van der Waals surface area contributed by atoms with Crippen molar-refractivity contribution in [1.29, 1.82) is 0 Å². The van der Waals surface area contributed by atoms with Gasteiger partial charge >= 0.3 is 6.03 Å². The Hall–Kier alpha value is -2.31. The molecule has 0 saturated carbocycles. The van der Waals surface area contributed by atoms with Crippen LogP contribution in [0.25, 0.3) is 0 Å². The Bertz CT molecular complexity index is 510. The topological polar surface area (TPSA) is 66.5 Å². The van der Waals surface area contributed by atoms with Gasteiger partial charge < -0.3 is 0 Å². The van der Waals surface area contributed by atoms with Gasteiger partial charge in [0.2, 0.25) is 11.8 Å². The van der Waals surface area contributed by atoms with E-state index in [1.807, 2.05) is 5.32 Å². The van der Waals surface area contributed by atoms with Crippen molar-refractivity contribution in [3.63, 3.8) is 0 Å². The zero-order valence-electron chi connectivity index (χ0n) is 8.37. The van der Waals surface area contributed by atoms with E-state index in [4.69, 9.17) is 0 Å². The number of halogens is 2. The van der Waals surface area contributed by atoms with Crippen molar-refractivity contribution in [3.05, 3.63) is 29.8 Å². The lowest BCUT2D eigenvalue weighted by Crippen LogP contribution is -2.52. The van der Waals surface area contributed by atoms with E-state index >= 15 is 0 Å². The van der Waals surface area contributed by atoms with Gasteiger partial charge in [-0.25, -0.2) is 18.5 Å². The summed E-state index contributed by atoms with van der Waals surface area (Å²) in [6.07, 6.45) is -0.509. The number of benzene rings is 1. The molecule has 1 fully saturated rings. The maximum atomic E-state index is 13.0. The molecule has 17 heavy (non-hydrogen) atoms. The first kappa shape index (κ1) is 11.2. The second kappa shape index (κ2) is 3.93. The van der Waals surface area contributed by atoms with Crippen LogP contribution in [0.3, 0.4) is 0 Å². The fourth-order valence-corrected chi connectivity index (χ4v) is 1.43. The molecule has 7 heteroatoms. The highest BCUT2D eigenvalue weighted by molar-refractivity contribution is 6.26. The van der Waals surface area contributed by atoms with E-state index in [2.05, 4.69) is 0 Å². The standard InChI is InChI=1S/C10H6F2N2O3/c11-6-2-1-5(3-7(6)12)14-9(16)4-8(15)13-10(14)17/h1-3H,4H2,(H,13,15,17). The summed E-state index contributed by atoms with van der Waals surface area (Å²) in [5.74, 6) is -3.78. The molecule has 0 unspecified atom stereocenters. The summed E-state index contributed by atoms with van der Waals surface area (Å²) in [6.45, 7) is 0. The largest absolute Gasteiger partial charge is 0.335 e. The van der Waals surface area contributed by atoms with Crippen LogP contribution in [0.2, 0.25) is 0 Å². The highest BCUT2D eigenvalue weighted by Crippen LogP contribution is 2.20. The molecule has 0 atom stereocenters. The second-order valence-electron chi connectivity index (χ2n) is 3.36. The third-order valence-corrected chi connectivity index (χ3v) is 2.17. The van der Waals surface area contributed by atoms with E-state index < -0.39 is 35.9 Å². The van der Waals surface area contributed by atoms with Crippen molar-refractivity contribution in [2.24, 2.45) is 0 Å². The number of barbiturate groups is 1. The number of anilines is 1. The second-order valence-corrected chi connectivity index (χ2v) is 3.36. The molecule has 1 saturated heterocycles. The molecule has 0 aliphatic carbocycles. The maximum absolute atomic E-state index is 13.0. The van der Waals surface area contributed by atoms with Crippen LogP contribution in [0.15, 0.2) is 18.2 Å². The minimum Gasteiger partial charge on any atom is -0.277 e. The molecule has 1 N–H and O–H groups in total. The van der Waals surface area contributed by atoms with E-state index in [0.29, 0.717) is 11.0 Å². The summed E-state index contributed by atoms with van der Waals surface area (Å²) < 4.78 is 25.6. The molecule has 4 amide bonds. The minimum absolute atomic E-state index is 0.126. The molecule has 1 aliphatic rings. The number of nitrogens with zero attached hydrogens (tertiary/aromatic N) is 1. The average molecular weight is 240 g/mol. The smallest absolute Gasteiger partial charge is 0.277 e. The Morgan fingerprint density at radius 1 is 1.12 bits per heavy atom. The molecular formula is C10H6F2N2O3. The van der Waals surface area contributed by atoms with Gasteiger partial charge in [-0.2, -0.15) is 0 Å². The zero-order valence-corrected chi connectivity index (χ0v) is 8.37. The fourth-order valence-electron chi connectivity index (χ4n) is 1.43.